The van der Waals surface area contributed by atoms with Crippen LogP contribution in [0, 0.1) is 6.92 Å². The van der Waals surface area contributed by atoms with Crippen LogP contribution >= 0.6 is 0 Å². The molecule has 0 saturated carbocycles. The molecule has 4 rings (SSSR count). The lowest BCUT2D eigenvalue weighted by atomic mass is 10.1. The van der Waals surface area contributed by atoms with Crippen molar-refractivity contribution in [1.82, 2.24) is 35.3 Å². The number of alkyl halides is 5. The Morgan fingerprint density at radius 2 is 1.87 bits per heavy atom. The molecule has 0 amide bonds. The summed E-state index contributed by atoms with van der Waals surface area (Å²) in [4.78, 5) is 10.3. The number of aromatic nitrogens is 7. The zero-order valence-corrected chi connectivity index (χ0v) is 16.6. The first-order valence-corrected chi connectivity index (χ1v) is 9.14. The van der Waals surface area contributed by atoms with Crippen molar-refractivity contribution in [2.45, 2.75) is 51.4 Å². The fourth-order valence-corrected chi connectivity index (χ4v) is 2.88. The minimum Gasteiger partial charge on any atom is -0.448 e. The highest BCUT2D eigenvalue weighted by Crippen LogP contribution is 2.36. The summed E-state index contributed by atoms with van der Waals surface area (Å²) in [6.07, 6.45) is -5.15. The van der Waals surface area contributed by atoms with E-state index in [1.54, 1.807) is 6.92 Å². The molecule has 0 unspecified atom stereocenters. The number of nitrogens with zero attached hydrogens (tertiary/aromatic N) is 8. The van der Waals surface area contributed by atoms with Gasteiger partial charge in [0, 0.05) is 13.0 Å². The first-order chi connectivity index (χ1) is 14.3. The van der Waals surface area contributed by atoms with Crippen LogP contribution in [0.4, 0.5) is 27.8 Å². The van der Waals surface area contributed by atoms with Crippen molar-refractivity contribution in [3.8, 4) is 6.01 Å². The molecule has 0 bridgehead atoms. The quantitative estimate of drug-likeness (QED) is 0.544. The summed E-state index contributed by atoms with van der Waals surface area (Å²) in [6, 6.07) is -0.647. The summed E-state index contributed by atoms with van der Waals surface area (Å²) in [6.45, 7) is 2.55. The number of halogens is 5. The van der Waals surface area contributed by atoms with Crippen LogP contribution < -0.4 is 9.64 Å². The third-order valence-corrected chi connectivity index (χ3v) is 4.79. The number of rotatable bonds is 5. The normalized spacial score (nSPS) is 17.0. The third kappa shape index (κ3) is 4.07. The minimum absolute atomic E-state index is 0.0194. The van der Waals surface area contributed by atoms with Crippen LogP contribution in [0.15, 0.2) is 4.63 Å². The Morgan fingerprint density at radius 3 is 2.45 bits per heavy atom. The molecule has 1 aliphatic heterocycles. The van der Waals surface area contributed by atoms with E-state index in [2.05, 4.69) is 35.1 Å². The van der Waals surface area contributed by atoms with Crippen LogP contribution in [-0.4, -0.2) is 66.1 Å². The highest BCUT2D eigenvalue weighted by Gasteiger charge is 2.50. The molecule has 0 spiro atoms. The Labute approximate surface area is 171 Å². The lowest BCUT2D eigenvalue weighted by molar-refractivity contribution is -0.236. The minimum atomic E-state index is -4.72. The van der Waals surface area contributed by atoms with Gasteiger partial charge >= 0.3 is 12.2 Å². The van der Waals surface area contributed by atoms with E-state index in [0.717, 1.165) is 18.6 Å². The van der Waals surface area contributed by atoms with Gasteiger partial charge in [0.25, 0.3) is 5.92 Å². The zero-order valence-electron chi connectivity index (χ0n) is 16.6. The van der Waals surface area contributed by atoms with Gasteiger partial charge in [0.1, 0.15) is 17.9 Å². The molecule has 0 N–H and O–H groups in total. The first kappa shape index (κ1) is 21.1. The average Bonchev–Trinajstić information content (AvgIpc) is 3.32. The van der Waals surface area contributed by atoms with E-state index >= 15 is 0 Å². The van der Waals surface area contributed by atoms with E-state index in [4.69, 9.17) is 4.74 Å². The Balaban J connectivity index is 1.76. The topological polar surface area (TPSA) is 108 Å². The van der Waals surface area contributed by atoms with Gasteiger partial charge < -0.3 is 9.64 Å². The number of hydrogen-bond acceptors (Lipinski definition) is 9. The van der Waals surface area contributed by atoms with Crippen LogP contribution in [0.25, 0.3) is 11.2 Å². The van der Waals surface area contributed by atoms with Crippen LogP contribution in [0.5, 0.6) is 6.01 Å². The molecule has 3 aromatic rings. The number of fused-ring (bicyclic) bond motifs is 1. The zero-order chi connectivity index (χ0) is 22.6. The first-order valence-electron chi connectivity index (χ1n) is 9.14. The number of anilines is 1. The van der Waals surface area contributed by atoms with E-state index < -0.39 is 36.7 Å². The molecule has 0 radical (unpaired) electrons. The molecule has 0 aromatic carbocycles. The van der Waals surface area contributed by atoms with E-state index in [-0.39, 0.29) is 30.1 Å². The Kier molecular flexibility index (Phi) is 4.73. The summed E-state index contributed by atoms with van der Waals surface area (Å²) < 4.78 is 76.9. The van der Waals surface area contributed by atoms with Gasteiger partial charge in [-0.05, 0) is 20.8 Å². The van der Waals surface area contributed by atoms with E-state index in [1.165, 1.54) is 4.90 Å². The highest BCUT2D eigenvalue weighted by molar-refractivity contribution is 5.83. The molecule has 0 aliphatic carbocycles. The maximum absolute atomic E-state index is 13.8. The van der Waals surface area contributed by atoms with Gasteiger partial charge in [-0.2, -0.15) is 27.9 Å². The fourth-order valence-electron chi connectivity index (χ4n) is 2.88. The summed E-state index contributed by atoms with van der Waals surface area (Å²) in [5, 5.41) is 15.7. The molecule has 15 heteroatoms. The second-order valence-corrected chi connectivity index (χ2v) is 7.67. The molecule has 10 nitrogen and oxygen atoms in total. The van der Waals surface area contributed by atoms with Crippen LogP contribution in [0.2, 0.25) is 0 Å². The molecule has 1 fully saturated rings. The standard InChI is InChI=1S/C16H17F5N8O2/c1-8-9(27-31-26-8)6-29-24-10-11(25-29)22-13(30-14(2,3)16(19,20)21)23-12(10)28-5-4-15(17,18)7-28/h4-7H2,1-3H3. The predicted octanol–water partition coefficient (Wildman–Crippen LogP) is 2.53. The summed E-state index contributed by atoms with van der Waals surface area (Å²) in [7, 11) is 0. The van der Waals surface area contributed by atoms with E-state index in [1.807, 2.05) is 0 Å². The van der Waals surface area contributed by atoms with Gasteiger partial charge in [0.2, 0.25) is 11.2 Å². The number of aryl methyl sites for hydroxylation is 1. The van der Waals surface area contributed by atoms with Crippen LogP contribution in [-0.2, 0) is 6.54 Å². The maximum Gasteiger partial charge on any atom is 0.427 e. The van der Waals surface area contributed by atoms with Gasteiger partial charge in [-0.1, -0.05) is 10.3 Å². The highest BCUT2D eigenvalue weighted by atomic mass is 19.4. The van der Waals surface area contributed by atoms with Gasteiger partial charge in [-0.15, -0.1) is 10.2 Å². The number of ether oxygens (including phenoxy) is 1. The second kappa shape index (κ2) is 6.95. The Hall–Kier alpha value is -3.13. The van der Waals surface area contributed by atoms with Crippen LogP contribution in [0.1, 0.15) is 31.7 Å². The third-order valence-electron chi connectivity index (χ3n) is 4.79. The molecule has 1 aliphatic rings. The molecule has 31 heavy (non-hydrogen) atoms. The number of hydrogen-bond donors (Lipinski definition) is 0. The lowest BCUT2D eigenvalue weighted by Crippen LogP contribution is -2.45. The average molecular weight is 448 g/mol. The van der Waals surface area contributed by atoms with Crippen molar-refractivity contribution >= 4 is 17.0 Å². The monoisotopic (exact) mass is 448 g/mol. The molecule has 1 saturated heterocycles. The smallest absolute Gasteiger partial charge is 0.427 e. The van der Waals surface area contributed by atoms with E-state index in [9.17, 15) is 22.0 Å². The van der Waals surface area contributed by atoms with Crippen molar-refractivity contribution in [2.24, 2.45) is 0 Å². The summed E-state index contributed by atoms with van der Waals surface area (Å²) >= 11 is 0. The summed E-state index contributed by atoms with van der Waals surface area (Å²) in [5.41, 5.74) is -1.78. The molecule has 168 valence electrons. The van der Waals surface area contributed by atoms with Gasteiger partial charge in [-0.3, -0.25) is 0 Å². The SMILES string of the molecule is Cc1nonc1Cn1nc2nc(OC(C)(C)C(F)(F)F)nc(N3CCC(F)(F)C3)c2n1. The Morgan fingerprint density at radius 1 is 1.13 bits per heavy atom. The molecule has 3 aromatic heterocycles. The van der Waals surface area contributed by atoms with Crippen LogP contribution in [0.3, 0.4) is 0 Å². The second-order valence-electron chi connectivity index (χ2n) is 7.67. The van der Waals surface area contributed by atoms with Gasteiger partial charge in [0.15, 0.2) is 11.3 Å². The predicted molar refractivity (Wildman–Crippen MR) is 93.8 cm³/mol. The maximum atomic E-state index is 13.8. The Bertz CT molecular complexity index is 1110. The van der Waals surface area contributed by atoms with Crippen molar-refractivity contribution in [2.75, 3.05) is 18.0 Å². The van der Waals surface area contributed by atoms with Crippen molar-refractivity contribution < 1.29 is 31.3 Å². The summed E-state index contributed by atoms with van der Waals surface area (Å²) in [5.74, 6) is -3.06. The molecule has 4 heterocycles. The van der Waals surface area contributed by atoms with Gasteiger partial charge in [0.05, 0.1) is 6.54 Å². The lowest BCUT2D eigenvalue weighted by Gasteiger charge is -2.27. The molecular weight excluding hydrogens is 431 g/mol. The molecular formula is C16H17F5N8O2. The van der Waals surface area contributed by atoms with Gasteiger partial charge in [-0.25, -0.2) is 13.4 Å². The fraction of sp³-hybridized carbons (Fsp3) is 0.625. The molecule has 0 atom stereocenters. The van der Waals surface area contributed by atoms with Crippen molar-refractivity contribution in [3.63, 3.8) is 0 Å². The van der Waals surface area contributed by atoms with E-state index in [0.29, 0.717) is 11.4 Å². The van der Waals surface area contributed by atoms with Crippen molar-refractivity contribution in [3.05, 3.63) is 11.4 Å². The largest absolute Gasteiger partial charge is 0.448 e. The van der Waals surface area contributed by atoms with Crippen molar-refractivity contribution in [1.29, 1.82) is 0 Å².